The van der Waals surface area contributed by atoms with Crippen LogP contribution in [0.15, 0.2) is 48.5 Å². The molecule has 5 rings (SSSR count). The SMILES string of the molecule is Cc1ccc2c(C(=O)NCCC(=O)NCC3CCC(CN4CCc5ccc(C(=O)C(C)C)cc5CC4)CC3)cccc2n1. The maximum absolute atomic E-state index is 12.8. The number of carbonyl (C=O) groups is 3. The first-order valence-corrected chi connectivity index (χ1v) is 16.1. The van der Waals surface area contributed by atoms with Crippen LogP contribution in [-0.4, -0.2) is 60.2 Å². The molecule has 2 aliphatic rings. The fraction of sp³-hybridized carbons (Fsp3) is 0.500. The van der Waals surface area contributed by atoms with E-state index in [1.54, 1.807) is 6.07 Å². The number of nitrogens with one attached hydrogen (secondary N) is 2. The molecule has 0 spiro atoms. The van der Waals surface area contributed by atoms with Gasteiger partial charge >= 0.3 is 0 Å². The summed E-state index contributed by atoms with van der Waals surface area (Å²) in [5.74, 6) is 1.29. The Balaban J connectivity index is 0.989. The number of aryl methyl sites for hydroxylation is 1. The number of amides is 2. The van der Waals surface area contributed by atoms with Gasteiger partial charge in [0, 0.05) is 67.3 Å². The number of Topliss-reactive ketones (excluding diaryl/α,β-unsaturated/α-hetero) is 1. The Kier molecular flexibility index (Phi) is 10.2. The second-order valence-corrected chi connectivity index (χ2v) is 12.8. The number of hydrogen-bond acceptors (Lipinski definition) is 5. The number of benzene rings is 2. The van der Waals surface area contributed by atoms with Gasteiger partial charge in [-0.05, 0) is 92.7 Å². The minimum absolute atomic E-state index is 0.0139. The van der Waals surface area contributed by atoms with Crippen molar-refractivity contribution in [2.45, 2.75) is 65.7 Å². The smallest absolute Gasteiger partial charge is 0.251 e. The zero-order chi connectivity index (χ0) is 30.3. The van der Waals surface area contributed by atoms with Crippen molar-refractivity contribution < 1.29 is 14.4 Å². The number of nitrogens with zero attached hydrogens (tertiary/aromatic N) is 2. The van der Waals surface area contributed by atoms with Gasteiger partial charge in [-0.2, -0.15) is 0 Å². The maximum atomic E-state index is 12.8. The monoisotopic (exact) mass is 582 g/mol. The molecule has 0 atom stereocenters. The molecule has 1 saturated carbocycles. The fourth-order valence-corrected chi connectivity index (χ4v) is 6.61. The van der Waals surface area contributed by atoms with E-state index in [0.29, 0.717) is 30.5 Å². The van der Waals surface area contributed by atoms with Crippen molar-refractivity contribution in [2.24, 2.45) is 17.8 Å². The van der Waals surface area contributed by atoms with Crippen molar-refractivity contribution in [1.29, 1.82) is 0 Å². The molecule has 228 valence electrons. The van der Waals surface area contributed by atoms with Crippen molar-refractivity contribution in [3.8, 4) is 0 Å². The highest BCUT2D eigenvalue weighted by Gasteiger charge is 2.25. The van der Waals surface area contributed by atoms with Crippen molar-refractivity contribution in [3.63, 3.8) is 0 Å². The summed E-state index contributed by atoms with van der Waals surface area (Å²) in [6, 6.07) is 15.7. The molecule has 3 aromatic rings. The van der Waals surface area contributed by atoms with Gasteiger partial charge in [0.1, 0.15) is 0 Å². The molecule has 1 fully saturated rings. The topological polar surface area (TPSA) is 91.4 Å². The molecule has 43 heavy (non-hydrogen) atoms. The molecule has 2 heterocycles. The van der Waals surface area contributed by atoms with Gasteiger partial charge in [-0.1, -0.05) is 38.1 Å². The summed E-state index contributed by atoms with van der Waals surface area (Å²) in [6.07, 6.45) is 7.02. The number of pyridine rings is 1. The third-order valence-electron chi connectivity index (χ3n) is 9.23. The molecule has 1 aromatic heterocycles. The lowest BCUT2D eigenvalue weighted by atomic mass is 9.81. The molecule has 0 radical (unpaired) electrons. The van der Waals surface area contributed by atoms with Crippen LogP contribution in [0.25, 0.3) is 10.9 Å². The first-order chi connectivity index (χ1) is 20.8. The van der Waals surface area contributed by atoms with E-state index in [4.69, 9.17) is 0 Å². The summed E-state index contributed by atoms with van der Waals surface area (Å²) < 4.78 is 0. The van der Waals surface area contributed by atoms with Gasteiger partial charge in [-0.15, -0.1) is 0 Å². The van der Waals surface area contributed by atoms with Crippen LogP contribution in [0, 0.1) is 24.7 Å². The normalized spacial score (nSPS) is 19.1. The van der Waals surface area contributed by atoms with E-state index in [1.165, 1.54) is 24.0 Å². The molecule has 2 N–H and O–H groups in total. The molecule has 7 nitrogen and oxygen atoms in total. The fourth-order valence-electron chi connectivity index (χ4n) is 6.61. The van der Waals surface area contributed by atoms with Crippen LogP contribution < -0.4 is 10.6 Å². The molecule has 0 unspecified atom stereocenters. The average molecular weight is 583 g/mol. The van der Waals surface area contributed by atoms with Gasteiger partial charge < -0.3 is 15.5 Å². The van der Waals surface area contributed by atoms with E-state index in [2.05, 4.69) is 32.7 Å². The van der Waals surface area contributed by atoms with E-state index in [-0.39, 0.29) is 29.9 Å². The molecule has 1 aliphatic carbocycles. The van der Waals surface area contributed by atoms with Crippen LogP contribution in [0.5, 0.6) is 0 Å². The van der Waals surface area contributed by atoms with Crippen LogP contribution in [0.3, 0.4) is 0 Å². The standard InChI is InChI=1S/C36H46N4O3/c1-24(2)35(42)30-13-12-28-16-19-40(20-17-29(28)21-30)23-27-10-8-26(9-11-27)22-38-34(41)15-18-37-36(43)32-5-4-6-33-31(32)14-7-25(3)39-33/h4-7,12-14,21,24,26-27H,8-11,15-20,22-23H2,1-3H3,(H,37,43)(H,38,41). The van der Waals surface area contributed by atoms with Crippen LogP contribution in [-0.2, 0) is 17.6 Å². The van der Waals surface area contributed by atoms with Gasteiger partial charge in [0.25, 0.3) is 5.91 Å². The highest BCUT2D eigenvalue weighted by molar-refractivity contribution is 6.06. The molecule has 2 amide bonds. The molecule has 0 saturated heterocycles. The largest absolute Gasteiger partial charge is 0.356 e. The number of hydrogen-bond donors (Lipinski definition) is 2. The first kappa shape index (κ1) is 30.9. The minimum Gasteiger partial charge on any atom is -0.356 e. The molecular formula is C36H46N4O3. The molecular weight excluding hydrogens is 536 g/mol. The Morgan fingerprint density at radius 3 is 2.42 bits per heavy atom. The first-order valence-electron chi connectivity index (χ1n) is 16.1. The number of carbonyl (C=O) groups excluding carboxylic acids is 3. The predicted molar refractivity (Wildman–Crippen MR) is 171 cm³/mol. The summed E-state index contributed by atoms with van der Waals surface area (Å²) in [5.41, 5.74) is 5.88. The highest BCUT2D eigenvalue weighted by Crippen LogP contribution is 2.30. The van der Waals surface area contributed by atoms with Gasteiger partial charge in [0.15, 0.2) is 5.78 Å². The van der Waals surface area contributed by atoms with Crippen molar-refractivity contribution >= 4 is 28.5 Å². The Labute approximate surface area is 255 Å². The Bertz CT molecular complexity index is 1460. The Morgan fingerprint density at radius 2 is 1.65 bits per heavy atom. The third-order valence-corrected chi connectivity index (χ3v) is 9.23. The molecule has 7 heteroatoms. The van der Waals surface area contributed by atoms with E-state index in [1.807, 2.05) is 51.1 Å². The van der Waals surface area contributed by atoms with Gasteiger partial charge in [-0.3, -0.25) is 19.4 Å². The predicted octanol–water partition coefficient (Wildman–Crippen LogP) is 5.53. The zero-order valence-corrected chi connectivity index (χ0v) is 26.0. The number of aromatic nitrogens is 1. The summed E-state index contributed by atoms with van der Waals surface area (Å²) in [6.45, 7) is 10.1. The lowest BCUT2D eigenvalue weighted by Crippen LogP contribution is -2.36. The van der Waals surface area contributed by atoms with Crippen LogP contribution in [0.2, 0.25) is 0 Å². The van der Waals surface area contributed by atoms with E-state index >= 15 is 0 Å². The van der Waals surface area contributed by atoms with E-state index < -0.39 is 0 Å². The van der Waals surface area contributed by atoms with Gasteiger partial charge in [0.2, 0.25) is 5.91 Å². The number of rotatable bonds is 10. The summed E-state index contributed by atoms with van der Waals surface area (Å²) in [4.78, 5) is 44.8. The quantitative estimate of drug-likeness (QED) is 0.307. The Hall–Kier alpha value is -3.58. The number of fused-ring (bicyclic) bond motifs is 2. The van der Waals surface area contributed by atoms with E-state index in [0.717, 1.165) is 67.5 Å². The van der Waals surface area contributed by atoms with Gasteiger partial charge in [0.05, 0.1) is 5.52 Å². The van der Waals surface area contributed by atoms with Gasteiger partial charge in [-0.25, -0.2) is 0 Å². The molecule has 0 bridgehead atoms. The maximum Gasteiger partial charge on any atom is 0.251 e. The van der Waals surface area contributed by atoms with E-state index in [9.17, 15) is 14.4 Å². The summed E-state index contributed by atoms with van der Waals surface area (Å²) in [5, 5.41) is 6.81. The minimum atomic E-state index is -0.179. The van der Waals surface area contributed by atoms with Crippen LogP contribution in [0.1, 0.15) is 83.5 Å². The van der Waals surface area contributed by atoms with Crippen molar-refractivity contribution in [3.05, 3.63) is 76.5 Å². The average Bonchev–Trinajstić information content (AvgIpc) is 3.21. The highest BCUT2D eigenvalue weighted by atomic mass is 16.2. The second-order valence-electron chi connectivity index (χ2n) is 12.8. The molecule has 2 aromatic carbocycles. The summed E-state index contributed by atoms with van der Waals surface area (Å²) >= 11 is 0. The third kappa shape index (κ3) is 8.08. The Morgan fingerprint density at radius 1 is 0.907 bits per heavy atom. The van der Waals surface area contributed by atoms with Crippen molar-refractivity contribution in [2.75, 3.05) is 32.7 Å². The van der Waals surface area contributed by atoms with Crippen LogP contribution >= 0.6 is 0 Å². The molecule has 1 aliphatic heterocycles. The second kappa shape index (κ2) is 14.3. The van der Waals surface area contributed by atoms with Crippen molar-refractivity contribution in [1.82, 2.24) is 20.5 Å². The lowest BCUT2D eigenvalue weighted by Gasteiger charge is -2.32. The summed E-state index contributed by atoms with van der Waals surface area (Å²) in [7, 11) is 0. The lowest BCUT2D eigenvalue weighted by molar-refractivity contribution is -0.121. The zero-order valence-electron chi connectivity index (χ0n) is 26.0. The van der Waals surface area contributed by atoms with Crippen LogP contribution in [0.4, 0.5) is 0 Å². The number of ketones is 1.